The number of ketones is 1. The predicted octanol–water partition coefficient (Wildman–Crippen LogP) is 4.38. The zero-order chi connectivity index (χ0) is 32.4. The molecule has 4 rings (SSSR count). The summed E-state index contributed by atoms with van der Waals surface area (Å²) in [5.74, 6) is -3.57. The molecule has 2 aliphatic rings. The van der Waals surface area contributed by atoms with E-state index in [1.54, 1.807) is 65.0 Å². The van der Waals surface area contributed by atoms with Gasteiger partial charge in [-0.2, -0.15) is 0 Å². The van der Waals surface area contributed by atoms with E-state index in [1.807, 2.05) is 30.3 Å². The Kier molecular flexibility index (Phi) is 9.51. The van der Waals surface area contributed by atoms with Gasteiger partial charge in [0.25, 0.3) is 0 Å². The maximum atomic E-state index is 14.0. The number of benzene rings is 2. The van der Waals surface area contributed by atoms with Crippen LogP contribution in [-0.4, -0.2) is 64.4 Å². The lowest BCUT2D eigenvalue weighted by molar-refractivity contribution is -0.212. The molecule has 2 N–H and O–H groups in total. The number of hydrogen-bond donors (Lipinski definition) is 2. The van der Waals surface area contributed by atoms with Crippen LogP contribution in [0.2, 0.25) is 0 Å². The summed E-state index contributed by atoms with van der Waals surface area (Å²) in [5, 5.41) is 24.4. The van der Waals surface area contributed by atoms with Crippen molar-refractivity contribution in [2.45, 2.75) is 84.7 Å². The molecule has 0 heterocycles. The first kappa shape index (κ1) is 33.1. The Morgan fingerprint density at radius 1 is 0.932 bits per heavy atom. The van der Waals surface area contributed by atoms with E-state index in [2.05, 4.69) is 0 Å². The van der Waals surface area contributed by atoms with Crippen molar-refractivity contribution in [3.05, 3.63) is 82.9 Å². The van der Waals surface area contributed by atoms with Crippen molar-refractivity contribution >= 4 is 23.7 Å². The average molecular weight is 607 g/mol. The van der Waals surface area contributed by atoms with E-state index in [-0.39, 0.29) is 30.6 Å². The van der Waals surface area contributed by atoms with Gasteiger partial charge in [0.15, 0.2) is 5.78 Å². The number of carbonyl (C=O) groups excluding carboxylic acids is 4. The number of fused-ring (bicyclic) bond motifs is 2. The van der Waals surface area contributed by atoms with Gasteiger partial charge in [0.2, 0.25) is 0 Å². The Morgan fingerprint density at radius 3 is 2.11 bits per heavy atom. The number of Topliss-reactive ketones (excluding diaryl/α,β-unsaturated/α-hetero) is 1. The molecule has 9 heteroatoms. The lowest BCUT2D eigenvalue weighted by Crippen LogP contribution is -2.69. The van der Waals surface area contributed by atoms with E-state index in [1.165, 1.54) is 6.92 Å². The van der Waals surface area contributed by atoms with Crippen LogP contribution in [0, 0.1) is 16.7 Å². The Hall–Kier alpha value is -3.82. The highest BCUT2D eigenvalue weighted by atomic mass is 16.6. The summed E-state index contributed by atoms with van der Waals surface area (Å²) < 4.78 is 17.4. The summed E-state index contributed by atoms with van der Waals surface area (Å²) in [6, 6.07) is 17.7. The van der Waals surface area contributed by atoms with Gasteiger partial charge in [-0.3, -0.25) is 14.4 Å². The number of esters is 3. The smallest absolute Gasteiger partial charge is 0.338 e. The van der Waals surface area contributed by atoms with E-state index in [4.69, 9.17) is 14.2 Å². The molecule has 0 radical (unpaired) electrons. The van der Waals surface area contributed by atoms with Gasteiger partial charge >= 0.3 is 17.9 Å². The topological polar surface area (TPSA) is 136 Å². The second-order valence-electron chi connectivity index (χ2n) is 12.9. The maximum absolute atomic E-state index is 14.0. The fourth-order valence-electron chi connectivity index (χ4n) is 6.68. The lowest BCUT2D eigenvalue weighted by Gasteiger charge is -2.58. The molecule has 0 aliphatic heterocycles. The maximum Gasteiger partial charge on any atom is 0.338 e. The van der Waals surface area contributed by atoms with Crippen LogP contribution in [0.15, 0.2) is 71.8 Å². The molecule has 44 heavy (non-hydrogen) atoms. The van der Waals surface area contributed by atoms with Gasteiger partial charge in [0.05, 0.1) is 12.2 Å². The SMILES string of the molecule is CC(=O)OCC1[C@H](OC(=O)c2ccccc2)[C@]2(O)C[C@H](OC(=O)CCc3ccccc3)C(C)=C([C@@H](O)C(=O)C1(C)C)C2(C)C. The fraction of sp³-hybridized carbons (Fsp3) is 0.486. The van der Waals surface area contributed by atoms with Crippen LogP contribution in [0.25, 0.3) is 0 Å². The zero-order valence-corrected chi connectivity index (χ0v) is 26.2. The van der Waals surface area contributed by atoms with Gasteiger partial charge in [-0.25, -0.2) is 4.79 Å². The number of aryl methyl sites for hydroxylation is 1. The average Bonchev–Trinajstić information content (AvgIpc) is 2.98. The molecule has 2 aromatic rings. The van der Waals surface area contributed by atoms with Crippen LogP contribution in [0.4, 0.5) is 0 Å². The van der Waals surface area contributed by atoms with Crippen LogP contribution < -0.4 is 0 Å². The number of ether oxygens (including phenoxy) is 3. The molecular weight excluding hydrogens is 564 g/mol. The third kappa shape index (κ3) is 6.21. The number of aliphatic hydroxyl groups excluding tert-OH is 1. The van der Waals surface area contributed by atoms with Crippen molar-refractivity contribution in [2.75, 3.05) is 6.61 Å². The van der Waals surface area contributed by atoms with Crippen molar-refractivity contribution in [3.63, 3.8) is 0 Å². The highest BCUT2D eigenvalue weighted by molar-refractivity contribution is 5.93. The number of hydrogen-bond acceptors (Lipinski definition) is 9. The molecule has 2 aliphatic carbocycles. The first-order valence-electron chi connectivity index (χ1n) is 14.9. The minimum Gasteiger partial charge on any atom is -0.465 e. The summed E-state index contributed by atoms with van der Waals surface area (Å²) in [5.41, 5.74) is -2.90. The van der Waals surface area contributed by atoms with Crippen LogP contribution in [0.1, 0.15) is 70.3 Å². The predicted molar refractivity (Wildman–Crippen MR) is 161 cm³/mol. The highest BCUT2D eigenvalue weighted by Crippen LogP contribution is 2.57. The van der Waals surface area contributed by atoms with Crippen LogP contribution in [0.3, 0.4) is 0 Å². The van der Waals surface area contributed by atoms with Gasteiger partial charge < -0.3 is 24.4 Å². The van der Waals surface area contributed by atoms with E-state index in [9.17, 15) is 29.4 Å². The number of carbonyl (C=O) groups is 4. The standard InChI is InChI=1S/C35H42O9/c1-21-26(43-27(37)18-17-23-13-9-7-10-14-23)19-35(41)31(44-32(40)24-15-11-8-12-16-24)25(20-42-22(2)36)33(3,4)30(39)29(38)28(21)34(35,5)6/h7-16,25-26,29,31,38,41H,17-20H2,1-6H3/t25?,26-,29+,31-,35+/m0/s1. The number of rotatable bonds is 8. The van der Waals surface area contributed by atoms with E-state index >= 15 is 0 Å². The monoisotopic (exact) mass is 606 g/mol. The Bertz CT molecular complexity index is 1430. The van der Waals surface area contributed by atoms with Crippen LogP contribution in [0.5, 0.6) is 0 Å². The summed E-state index contributed by atoms with van der Waals surface area (Å²) in [6.45, 7) is 9.01. The molecule has 1 fully saturated rings. The van der Waals surface area contributed by atoms with E-state index in [0.29, 0.717) is 12.0 Å². The molecule has 2 bridgehead atoms. The van der Waals surface area contributed by atoms with Gasteiger partial charge in [0.1, 0.15) is 23.9 Å². The molecule has 1 saturated carbocycles. The van der Waals surface area contributed by atoms with Gasteiger partial charge in [-0.05, 0) is 42.2 Å². The molecule has 9 nitrogen and oxygen atoms in total. The Balaban J connectivity index is 1.81. The van der Waals surface area contributed by atoms with Crippen molar-refractivity contribution in [1.82, 2.24) is 0 Å². The molecule has 236 valence electrons. The molecule has 0 amide bonds. The zero-order valence-electron chi connectivity index (χ0n) is 26.2. The second kappa shape index (κ2) is 12.7. The molecule has 0 aromatic heterocycles. The summed E-state index contributed by atoms with van der Waals surface area (Å²) in [7, 11) is 0. The number of aliphatic hydroxyl groups is 2. The van der Waals surface area contributed by atoms with E-state index < -0.39 is 64.4 Å². The quantitative estimate of drug-likeness (QED) is 0.255. The molecule has 2 aromatic carbocycles. The summed E-state index contributed by atoms with van der Waals surface area (Å²) in [4.78, 5) is 52.6. The largest absolute Gasteiger partial charge is 0.465 e. The molecule has 1 unspecified atom stereocenters. The molecule has 5 atom stereocenters. The third-order valence-corrected chi connectivity index (χ3v) is 9.52. The fourth-order valence-corrected chi connectivity index (χ4v) is 6.68. The summed E-state index contributed by atoms with van der Waals surface area (Å²) in [6.07, 6.45) is -3.78. The minimum atomic E-state index is -1.97. The van der Waals surface area contributed by atoms with Crippen molar-refractivity contribution in [2.24, 2.45) is 16.7 Å². The van der Waals surface area contributed by atoms with Gasteiger partial charge in [0, 0.05) is 36.5 Å². The molecule has 0 saturated heterocycles. The van der Waals surface area contributed by atoms with Crippen LogP contribution in [-0.2, 0) is 35.0 Å². The van der Waals surface area contributed by atoms with Crippen molar-refractivity contribution < 1.29 is 43.6 Å². The van der Waals surface area contributed by atoms with Crippen LogP contribution >= 0.6 is 0 Å². The highest BCUT2D eigenvalue weighted by Gasteiger charge is 2.66. The summed E-state index contributed by atoms with van der Waals surface area (Å²) >= 11 is 0. The lowest BCUT2D eigenvalue weighted by atomic mass is 9.51. The van der Waals surface area contributed by atoms with Gasteiger partial charge in [-0.15, -0.1) is 0 Å². The van der Waals surface area contributed by atoms with Crippen molar-refractivity contribution in [1.29, 1.82) is 0 Å². The Morgan fingerprint density at radius 2 is 1.52 bits per heavy atom. The third-order valence-electron chi connectivity index (χ3n) is 9.52. The first-order chi connectivity index (χ1) is 20.6. The van der Waals surface area contributed by atoms with Crippen molar-refractivity contribution in [3.8, 4) is 0 Å². The molecule has 0 spiro atoms. The Labute approximate surface area is 258 Å². The minimum absolute atomic E-state index is 0.0704. The molecular formula is C35H42O9. The van der Waals surface area contributed by atoms with Gasteiger partial charge in [-0.1, -0.05) is 76.2 Å². The van der Waals surface area contributed by atoms with E-state index in [0.717, 1.165) is 5.56 Å². The normalized spacial score (nSPS) is 27.5. The first-order valence-corrected chi connectivity index (χ1v) is 14.9. The second-order valence-corrected chi connectivity index (χ2v) is 12.9.